The number of halogens is 1. The van der Waals surface area contributed by atoms with E-state index in [1.54, 1.807) is 12.1 Å². The van der Waals surface area contributed by atoms with E-state index in [2.05, 4.69) is 4.74 Å². The molecule has 4 N–H and O–H groups in total. The molecule has 9 nitrogen and oxygen atoms in total. The van der Waals surface area contributed by atoms with Gasteiger partial charge in [-0.2, -0.15) is 4.90 Å². The number of phenolic OH excluding ortho intramolecular Hbond substituents is 1. The van der Waals surface area contributed by atoms with E-state index < -0.39 is 66.5 Å². The third-order valence-electron chi connectivity index (χ3n) is 6.94. The Morgan fingerprint density at radius 3 is 2.56 bits per heavy atom. The third kappa shape index (κ3) is 5.35. The summed E-state index contributed by atoms with van der Waals surface area (Å²) in [5, 5.41) is 40.7. The normalized spacial score (nSPS) is 23.2. The van der Waals surface area contributed by atoms with Crippen molar-refractivity contribution in [1.82, 2.24) is 4.90 Å². The average molecular weight is 506 g/mol. The fraction of sp³-hybridized carbons (Fsp3) is 0.500. The number of hydrogen-bond donors (Lipinski definition) is 4. The van der Waals surface area contributed by atoms with E-state index >= 15 is 0 Å². The standard InChI is InChI=1S/C26H32FNO8/c1-3-4-14(9-15-6-7-20(31)19(27)10-15)5-8-21(32)22-16(12-29)11-17-23(18(22)13-30)25(34)28(24(17)33)26(35)36-2/h6-7,9-10,17-18,21,23,29-32H,3-5,8,11-13H2,1-2H3/b14-9+/t17-,18+,21-,23-/m1/s1. The zero-order chi connectivity index (χ0) is 26.6. The largest absolute Gasteiger partial charge is 0.505 e. The summed E-state index contributed by atoms with van der Waals surface area (Å²) in [5.41, 5.74) is 2.15. The van der Waals surface area contributed by atoms with Crippen LogP contribution in [-0.2, 0) is 14.3 Å². The highest BCUT2D eigenvalue weighted by molar-refractivity contribution is 6.16. The van der Waals surface area contributed by atoms with Crippen LogP contribution < -0.4 is 0 Å². The maximum absolute atomic E-state index is 13.7. The van der Waals surface area contributed by atoms with Crippen LogP contribution in [-0.4, -0.2) is 69.7 Å². The van der Waals surface area contributed by atoms with Gasteiger partial charge in [0.05, 0.1) is 38.3 Å². The van der Waals surface area contributed by atoms with Crippen LogP contribution in [0.2, 0.25) is 0 Å². The Bertz CT molecular complexity index is 1080. The number of nitrogens with zero attached hydrogens (tertiary/aromatic N) is 1. The number of likely N-dealkylation sites (tertiary alicyclic amines) is 1. The molecule has 0 aromatic heterocycles. The summed E-state index contributed by atoms with van der Waals surface area (Å²) in [6.07, 6.45) is 1.61. The molecule has 1 heterocycles. The summed E-state index contributed by atoms with van der Waals surface area (Å²) < 4.78 is 18.3. The first-order valence-electron chi connectivity index (χ1n) is 11.9. The number of imide groups is 3. The second kappa shape index (κ2) is 11.8. The van der Waals surface area contributed by atoms with Crippen LogP contribution in [0, 0.1) is 23.6 Å². The summed E-state index contributed by atoms with van der Waals surface area (Å²) >= 11 is 0. The van der Waals surface area contributed by atoms with E-state index in [0.29, 0.717) is 34.5 Å². The number of carbonyl (C=O) groups excluding carboxylic acids is 3. The van der Waals surface area contributed by atoms with Crippen molar-refractivity contribution >= 4 is 24.0 Å². The number of phenols is 1. The summed E-state index contributed by atoms with van der Waals surface area (Å²) in [5.74, 6) is -5.66. The smallest absolute Gasteiger partial charge is 0.423 e. The Hall–Kier alpha value is -3.08. The Morgan fingerprint density at radius 1 is 1.25 bits per heavy atom. The molecule has 1 aromatic carbocycles. The fourth-order valence-electron chi connectivity index (χ4n) is 5.29. The van der Waals surface area contributed by atoms with Crippen LogP contribution in [0.4, 0.5) is 9.18 Å². The van der Waals surface area contributed by atoms with Gasteiger partial charge in [-0.05, 0) is 54.5 Å². The van der Waals surface area contributed by atoms with Gasteiger partial charge in [0.1, 0.15) is 0 Å². The number of carbonyl (C=O) groups is 3. The van der Waals surface area contributed by atoms with Crippen LogP contribution in [0.1, 0.15) is 44.6 Å². The highest BCUT2D eigenvalue weighted by Crippen LogP contribution is 2.46. The average Bonchev–Trinajstić information content (AvgIpc) is 3.12. The van der Waals surface area contributed by atoms with Gasteiger partial charge in [0.2, 0.25) is 11.8 Å². The molecule has 1 aromatic rings. The first kappa shape index (κ1) is 27.5. The summed E-state index contributed by atoms with van der Waals surface area (Å²) in [6, 6.07) is 4.06. The molecule has 196 valence electrons. The van der Waals surface area contributed by atoms with Gasteiger partial charge in [0.25, 0.3) is 0 Å². The predicted molar refractivity (Wildman–Crippen MR) is 127 cm³/mol. The molecule has 0 radical (unpaired) electrons. The molecule has 4 atom stereocenters. The van der Waals surface area contributed by atoms with Gasteiger partial charge < -0.3 is 25.2 Å². The monoisotopic (exact) mass is 505 g/mol. The summed E-state index contributed by atoms with van der Waals surface area (Å²) in [7, 11) is 1.05. The lowest BCUT2D eigenvalue weighted by Crippen LogP contribution is -2.40. The number of aliphatic hydroxyl groups is 3. The van der Waals surface area contributed by atoms with Crippen LogP contribution in [0.15, 0.2) is 34.9 Å². The molecule has 0 bridgehead atoms. The molecule has 0 saturated carbocycles. The van der Waals surface area contributed by atoms with Crippen LogP contribution in [0.5, 0.6) is 5.75 Å². The molecule has 2 aliphatic rings. The van der Waals surface area contributed by atoms with Gasteiger partial charge in [-0.1, -0.05) is 31.1 Å². The van der Waals surface area contributed by atoms with Gasteiger partial charge >= 0.3 is 6.09 Å². The highest BCUT2D eigenvalue weighted by atomic mass is 19.1. The van der Waals surface area contributed by atoms with E-state index in [1.165, 1.54) is 12.1 Å². The molecule has 1 aliphatic heterocycles. The van der Waals surface area contributed by atoms with Gasteiger partial charge in [0, 0.05) is 5.92 Å². The first-order valence-corrected chi connectivity index (χ1v) is 11.9. The molecule has 1 aliphatic carbocycles. The minimum atomic E-state index is -1.13. The van der Waals surface area contributed by atoms with Crippen molar-refractivity contribution < 1.29 is 43.9 Å². The van der Waals surface area contributed by atoms with Crippen molar-refractivity contribution in [1.29, 1.82) is 0 Å². The molecule has 0 spiro atoms. The van der Waals surface area contributed by atoms with E-state index in [0.717, 1.165) is 19.1 Å². The zero-order valence-corrected chi connectivity index (χ0v) is 20.3. The molecule has 36 heavy (non-hydrogen) atoms. The maximum atomic E-state index is 13.7. The van der Waals surface area contributed by atoms with Crippen LogP contribution in [0.3, 0.4) is 0 Å². The molecule has 3 rings (SSSR count). The number of hydrogen-bond acceptors (Lipinski definition) is 8. The Labute approximate surface area is 208 Å². The van der Waals surface area contributed by atoms with E-state index in [-0.39, 0.29) is 12.8 Å². The molecule has 1 fully saturated rings. The van der Waals surface area contributed by atoms with Gasteiger partial charge in [0.15, 0.2) is 11.6 Å². The number of aromatic hydroxyl groups is 1. The van der Waals surface area contributed by atoms with Crippen molar-refractivity contribution in [2.24, 2.45) is 17.8 Å². The second-order valence-electron chi connectivity index (χ2n) is 9.14. The molecular formula is C26H32FNO8. The van der Waals surface area contributed by atoms with Gasteiger partial charge in [-0.25, -0.2) is 9.18 Å². The predicted octanol–water partition coefficient (Wildman–Crippen LogP) is 2.52. The van der Waals surface area contributed by atoms with Gasteiger partial charge in [-0.15, -0.1) is 0 Å². The van der Waals surface area contributed by atoms with Crippen molar-refractivity contribution in [2.45, 2.75) is 45.1 Å². The molecular weight excluding hydrogens is 473 g/mol. The van der Waals surface area contributed by atoms with Crippen LogP contribution >= 0.6 is 0 Å². The van der Waals surface area contributed by atoms with Crippen molar-refractivity contribution in [3.05, 3.63) is 46.3 Å². The number of allylic oxidation sites excluding steroid dienone is 1. The first-order chi connectivity index (χ1) is 17.2. The second-order valence-corrected chi connectivity index (χ2v) is 9.14. The highest BCUT2D eigenvalue weighted by Gasteiger charge is 2.57. The lowest BCUT2D eigenvalue weighted by atomic mass is 9.68. The number of amides is 3. The summed E-state index contributed by atoms with van der Waals surface area (Å²) in [6.45, 7) is 0.943. The molecule has 10 heteroatoms. The van der Waals surface area contributed by atoms with Crippen LogP contribution in [0.25, 0.3) is 6.08 Å². The lowest BCUT2D eigenvalue weighted by Gasteiger charge is -2.36. The molecule has 3 amide bonds. The topological polar surface area (TPSA) is 145 Å². The number of methoxy groups -OCH3 is 1. The van der Waals surface area contributed by atoms with E-state index in [9.17, 15) is 39.2 Å². The minimum Gasteiger partial charge on any atom is -0.505 e. The van der Waals surface area contributed by atoms with Gasteiger partial charge in [-0.3, -0.25) is 9.59 Å². The fourth-order valence-corrected chi connectivity index (χ4v) is 5.29. The van der Waals surface area contributed by atoms with Crippen molar-refractivity contribution in [3.63, 3.8) is 0 Å². The number of benzene rings is 1. The number of aliphatic hydroxyl groups excluding tert-OH is 3. The molecule has 1 saturated heterocycles. The number of fused-ring (bicyclic) bond motifs is 1. The summed E-state index contributed by atoms with van der Waals surface area (Å²) in [4.78, 5) is 38.2. The maximum Gasteiger partial charge on any atom is 0.423 e. The van der Waals surface area contributed by atoms with Crippen molar-refractivity contribution in [2.75, 3.05) is 20.3 Å². The number of rotatable bonds is 9. The van der Waals surface area contributed by atoms with E-state index in [1.807, 2.05) is 6.92 Å². The quantitative estimate of drug-likeness (QED) is 0.296. The van der Waals surface area contributed by atoms with E-state index in [4.69, 9.17) is 0 Å². The minimum absolute atomic E-state index is 0.0213. The Balaban J connectivity index is 1.85. The van der Waals surface area contributed by atoms with Crippen molar-refractivity contribution in [3.8, 4) is 5.75 Å². The number of ether oxygens (including phenoxy) is 1. The SMILES string of the molecule is CCC/C(=C\c1ccc(O)c(F)c1)CC[C@@H](O)C1=C(CO)C[C@H]2C(=O)N(C(=O)OC)C(=O)[C@H]2[C@H]1CO. The zero-order valence-electron chi connectivity index (χ0n) is 20.3. The Morgan fingerprint density at radius 2 is 1.97 bits per heavy atom. The third-order valence-corrected chi connectivity index (χ3v) is 6.94. The lowest BCUT2D eigenvalue weighted by molar-refractivity contribution is -0.137. The Kier molecular flexibility index (Phi) is 8.99. The molecule has 0 unspecified atom stereocenters.